The first-order valence-corrected chi connectivity index (χ1v) is 6.64. The van der Waals surface area contributed by atoms with E-state index in [9.17, 15) is 5.11 Å². The summed E-state index contributed by atoms with van der Waals surface area (Å²) >= 11 is 3.38. The molecule has 0 amide bonds. The second-order valence-corrected chi connectivity index (χ2v) is 5.35. The molecular weight excluding hydrogens is 284 g/mol. The maximum atomic E-state index is 9.64. The van der Waals surface area contributed by atoms with Crippen LogP contribution in [0.25, 0.3) is 0 Å². The predicted octanol–water partition coefficient (Wildman–Crippen LogP) is 3.27. The topological polar surface area (TPSA) is 38.7 Å². The van der Waals surface area contributed by atoms with Crippen LogP contribution in [-0.2, 0) is 4.74 Å². The third kappa shape index (κ3) is 3.98. The maximum Gasteiger partial charge on any atom is 0.189 e. The van der Waals surface area contributed by atoms with Crippen LogP contribution in [0.1, 0.15) is 31.4 Å². The molecule has 1 saturated carbocycles. The zero-order chi connectivity index (χ0) is 12.3. The summed E-state index contributed by atoms with van der Waals surface area (Å²) in [5, 5.41) is 9.64. The molecule has 1 atom stereocenters. The van der Waals surface area contributed by atoms with Gasteiger partial charge < -0.3 is 14.6 Å². The summed E-state index contributed by atoms with van der Waals surface area (Å²) in [5.41, 5.74) is 0.773. The minimum atomic E-state index is -0.550. The van der Waals surface area contributed by atoms with Crippen molar-refractivity contribution in [3.05, 3.63) is 28.2 Å². The van der Waals surface area contributed by atoms with Crippen LogP contribution < -0.4 is 4.74 Å². The Morgan fingerprint density at radius 1 is 1.47 bits per heavy atom. The third-order valence-corrected chi connectivity index (χ3v) is 3.26. The maximum absolute atomic E-state index is 9.64. The Kier molecular flexibility index (Phi) is 4.42. The molecule has 0 heterocycles. The van der Waals surface area contributed by atoms with Crippen LogP contribution in [0, 0.1) is 5.92 Å². The van der Waals surface area contributed by atoms with Gasteiger partial charge in [-0.3, -0.25) is 0 Å². The standard InChI is InChI=1S/C13H17BrO3/c1-9(15)12-6-11(14)4-5-13(12)17-8-16-7-10-2-3-10/h4-6,9-10,15H,2-3,7-8H2,1H3. The molecule has 1 aromatic carbocycles. The van der Waals surface area contributed by atoms with Gasteiger partial charge in [0.2, 0.25) is 0 Å². The second kappa shape index (κ2) is 5.85. The lowest BCUT2D eigenvalue weighted by atomic mass is 10.1. The Hall–Kier alpha value is -0.580. The van der Waals surface area contributed by atoms with E-state index in [-0.39, 0.29) is 6.79 Å². The summed E-state index contributed by atoms with van der Waals surface area (Å²) in [7, 11) is 0. The van der Waals surface area contributed by atoms with Crippen LogP contribution in [-0.4, -0.2) is 18.5 Å². The highest BCUT2D eigenvalue weighted by Crippen LogP contribution is 2.30. The predicted molar refractivity (Wildman–Crippen MR) is 68.9 cm³/mol. The van der Waals surface area contributed by atoms with Crippen LogP contribution in [0.5, 0.6) is 5.75 Å². The van der Waals surface area contributed by atoms with Gasteiger partial charge in [-0.15, -0.1) is 0 Å². The van der Waals surface area contributed by atoms with Crippen molar-refractivity contribution in [1.29, 1.82) is 0 Å². The zero-order valence-corrected chi connectivity index (χ0v) is 11.4. The fourth-order valence-electron chi connectivity index (χ4n) is 1.58. The summed E-state index contributed by atoms with van der Waals surface area (Å²) < 4.78 is 11.9. The lowest BCUT2D eigenvalue weighted by Gasteiger charge is -2.13. The van der Waals surface area contributed by atoms with Crippen LogP contribution in [0.15, 0.2) is 22.7 Å². The van der Waals surface area contributed by atoms with Crippen molar-refractivity contribution in [2.75, 3.05) is 13.4 Å². The lowest BCUT2D eigenvalue weighted by Crippen LogP contribution is -2.07. The molecule has 1 aromatic rings. The van der Waals surface area contributed by atoms with Crippen LogP contribution in [0.3, 0.4) is 0 Å². The van der Waals surface area contributed by atoms with E-state index in [0.29, 0.717) is 5.75 Å². The van der Waals surface area contributed by atoms with Crippen molar-refractivity contribution in [2.45, 2.75) is 25.9 Å². The summed E-state index contributed by atoms with van der Waals surface area (Å²) in [5.74, 6) is 1.42. The summed E-state index contributed by atoms with van der Waals surface area (Å²) in [6.45, 7) is 2.75. The first-order valence-electron chi connectivity index (χ1n) is 5.85. The molecule has 17 heavy (non-hydrogen) atoms. The number of aliphatic hydroxyl groups is 1. The molecule has 4 heteroatoms. The zero-order valence-electron chi connectivity index (χ0n) is 9.86. The van der Waals surface area contributed by atoms with E-state index in [2.05, 4.69) is 15.9 Å². The molecule has 2 rings (SSSR count). The number of aliphatic hydroxyl groups excluding tert-OH is 1. The largest absolute Gasteiger partial charge is 0.467 e. The number of hydrogen-bond donors (Lipinski definition) is 1. The third-order valence-electron chi connectivity index (χ3n) is 2.77. The normalized spacial score (nSPS) is 16.9. The molecule has 1 fully saturated rings. The van der Waals surface area contributed by atoms with Gasteiger partial charge in [-0.2, -0.15) is 0 Å². The van der Waals surface area contributed by atoms with E-state index in [1.807, 2.05) is 18.2 Å². The Morgan fingerprint density at radius 3 is 2.88 bits per heavy atom. The van der Waals surface area contributed by atoms with Gasteiger partial charge >= 0.3 is 0 Å². The van der Waals surface area contributed by atoms with Gasteiger partial charge in [0.05, 0.1) is 12.7 Å². The van der Waals surface area contributed by atoms with Crippen molar-refractivity contribution in [1.82, 2.24) is 0 Å². The summed E-state index contributed by atoms with van der Waals surface area (Å²) in [6.07, 6.45) is 2.00. The first kappa shape index (κ1) is 12.9. The molecule has 0 aliphatic heterocycles. The van der Waals surface area contributed by atoms with Gasteiger partial charge in [-0.25, -0.2) is 0 Å². The highest BCUT2D eigenvalue weighted by molar-refractivity contribution is 9.10. The average Bonchev–Trinajstić information content (AvgIpc) is 3.09. The van der Waals surface area contributed by atoms with E-state index in [1.165, 1.54) is 12.8 Å². The Labute approximate surface area is 110 Å². The Bertz CT molecular complexity index is 375. The summed E-state index contributed by atoms with van der Waals surface area (Å²) in [6, 6.07) is 5.59. The van der Waals surface area contributed by atoms with Gasteiger partial charge in [0.15, 0.2) is 6.79 Å². The molecule has 3 nitrogen and oxygen atoms in total. The molecule has 0 saturated heterocycles. The summed E-state index contributed by atoms with van der Waals surface area (Å²) in [4.78, 5) is 0. The number of halogens is 1. The first-order chi connectivity index (χ1) is 8.16. The fraction of sp³-hybridized carbons (Fsp3) is 0.538. The highest BCUT2D eigenvalue weighted by atomic mass is 79.9. The Morgan fingerprint density at radius 2 is 2.24 bits per heavy atom. The van der Waals surface area contributed by atoms with Gasteiger partial charge in [0.25, 0.3) is 0 Å². The molecule has 94 valence electrons. The molecule has 1 unspecified atom stereocenters. The van der Waals surface area contributed by atoms with E-state index < -0.39 is 6.10 Å². The molecule has 0 spiro atoms. The molecular formula is C13H17BrO3. The van der Waals surface area contributed by atoms with Crippen molar-refractivity contribution >= 4 is 15.9 Å². The highest BCUT2D eigenvalue weighted by Gasteiger charge is 2.21. The molecule has 0 aromatic heterocycles. The molecule has 1 aliphatic rings. The van der Waals surface area contributed by atoms with Crippen LogP contribution >= 0.6 is 15.9 Å². The van der Waals surface area contributed by atoms with Crippen LogP contribution in [0.4, 0.5) is 0 Å². The monoisotopic (exact) mass is 300 g/mol. The van der Waals surface area contributed by atoms with E-state index in [0.717, 1.165) is 22.6 Å². The number of benzene rings is 1. The van der Waals surface area contributed by atoms with Gasteiger partial charge in [0.1, 0.15) is 5.75 Å². The SMILES string of the molecule is CC(O)c1cc(Br)ccc1OCOCC1CC1. The van der Waals surface area contributed by atoms with Crippen molar-refractivity contribution < 1.29 is 14.6 Å². The molecule has 0 radical (unpaired) electrons. The van der Waals surface area contributed by atoms with Crippen LogP contribution in [0.2, 0.25) is 0 Å². The minimum absolute atomic E-state index is 0.248. The number of hydrogen-bond acceptors (Lipinski definition) is 3. The quantitative estimate of drug-likeness (QED) is 0.647. The molecule has 1 aliphatic carbocycles. The number of rotatable bonds is 6. The fourth-order valence-corrected chi connectivity index (χ4v) is 1.96. The van der Waals surface area contributed by atoms with E-state index in [4.69, 9.17) is 9.47 Å². The van der Waals surface area contributed by atoms with Crippen molar-refractivity contribution in [3.63, 3.8) is 0 Å². The second-order valence-electron chi connectivity index (χ2n) is 4.43. The van der Waals surface area contributed by atoms with Crippen molar-refractivity contribution in [3.8, 4) is 5.75 Å². The van der Waals surface area contributed by atoms with Gasteiger partial charge in [-0.05, 0) is 43.9 Å². The van der Waals surface area contributed by atoms with Gasteiger partial charge in [0, 0.05) is 10.0 Å². The van der Waals surface area contributed by atoms with E-state index in [1.54, 1.807) is 6.92 Å². The Balaban J connectivity index is 1.89. The minimum Gasteiger partial charge on any atom is -0.467 e. The molecule has 1 N–H and O–H groups in total. The average molecular weight is 301 g/mol. The molecule has 0 bridgehead atoms. The van der Waals surface area contributed by atoms with E-state index >= 15 is 0 Å². The van der Waals surface area contributed by atoms with Gasteiger partial charge in [-0.1, -0.05) is 15.9 Å². The smallest absolute Gasteiger partial charge is 0.189 e. The van der Waals surface area contributed by atoms with Crippen molar-refractivity contribution in [2.24, 2.45) is 5.92 Å². The number of ether oxygens (including phenoxy) is 2. The lowest BCUT2D eigenvalue weighted by molar-refractivity contribution is 0.00830.